The van der Waals surface area contributed by atoms with Crippen molar-refractivity contribution in [3.63, 3.8) is 0 Å². The minimum absolute atomic E-state index is 0.132. The first-order valence-electron chi connectivity index (χ1n) is 7.82. The SMILES string of the molecule is O=CC1CC(n2cc(-c3cccc([N+](=O)[O-])n3)c(C3CC3)n2)C1. The van der Waals surface area contributed by atoms with Gasteiger partial charge in [-0.2, -0.15) is 5.10 Å². The smallest absolute Gasteiger partial charge is 0.358 e. The van der Waals surface area contributed by atoms with Crippen molar-refractivity contribution in [2.24, 2.45) is 5.92 Å². The van der Waals surface area contributed by atoms with Crippen LogP contribution in [0.15, 0.2) is 24.4 Å². The van der Waals surface area contributed by atoms with Crippen LogP contribution in [0.1, 0.15) is 43.3 Å². The van der Waals surface area contributed by atoms with Gasteiger partial charge in [0.2, 0.25) is 0 Å². The van der Waals surface area contributed by atoms with E-state index in [9.17, 15) is 14.9 Å². The summed E-state index contributed by atoms with van der Waals surface area (Å²) in [6.07, 6.45) is 6.77. The lowest BCUT2D eigenvalue weighted by Gasteiger charge is -2.31. The summed E-state index contributed by atoms with van der Waals surface area (Å²) < 4.78 is 1.92. The van der Waals surface area contributed by atoms with E-state index in [-0.39, 0.29) is 17.8 Å². The van der Waals surface area contributed by atoms with Gasteiger partial charge >= 0.3 is 5.82 Å². The molecule has 2 heterocycles. The fourth-order valence-electron chi connectivity index (χ4n) is 3.08. The van der Waals surface area contributed by atoms with Crippen molar-refractivity contribution in [2.75, 3.05) is 0 Å². The quantitative estimate of drug-likeness (QED) is 0.481. The number of carbonyl (C=O) groups is 1. The van der Waals surface area contributed by atoms with Gasteiger partial charge < -0.3 is 14.9 Å². The van der Waals surface area contributed by atoms with Crippen LogP contribution >= 0.6 is 0 Å². The molecule has 2 aliphatic carbocycles. The molecule has 0 aliphatic heterocycles. The van der Waals surface area contributed by atoms with Crippen LogP contribution in [0.5, 0.6) is 0 Å². The molecule has 0 saturated heterocycles. The monoisotopic (exact) mass is 312 g/mol. The highest BCUT2D eigenvalue weighted by molar-refractivity contribution is 5.64. The largest absolute Gasteiger partial charge is 0.364 e. The Bertz CT molecular complexity index is 775. The first-order valence-corrected chi connectivity index (χ1v) is 7.82. The molecule has 0 spiro atoms. The van der Waals surface area contributed by atoms with Crippen molar-refractivity contribution in [3.05, 3.63) is 40.2 Å². The van der Waals surface area contributed by atoms with E-state index in [2.05, 4.69) is 4.98 Å². The first-order chi connectivity index (χ1) is 11.2. The third-order valence-electron chi connectivity index (χ3n) is 4.64. The molecule has 0 aromatic carbocycles. The molecular weight excluding hydrogens is 296 g/mol. The summed E-state index contributed by atoms with van der Waals surface area (Å²) in [5.74, 6) is 0.406. The first kappa shape index (κ1) is 14.0. The molecule has 2 aliphatic rings. The standard InChI is InChI=1S/C16H16N4O3/c21-9-10-6-12(7-10)19-8-13(16(18-19)11-4-5-11)14-2-1-3-15(17-14)20(22)23/h1-3,8-12H,4-7H2. The Morgan fingerprint density at radius 2 is 2.09 bits per heavy atom. The van der Waals surface area contributed by atoms with Gasteiger partial charge in [-0.05, 0) is 47.7 Å². The van der Waals surface area contributed by atoms with Gasteiger partial charge in [-0.15, -0.1) is 0 Å². The number of pyridine rings is 1. The van der Waals surface area contributed by atoms with E-state index in [1.165, 1.54) is 6.07 Å². The zero-order valence-corrected chi connectivity index (χ0v) is 12.5. The van der Waals surface area contributed by atoms with Crippen molar-refractivity contribution in [3.8, 4) is 11.3 Å². The fraction of sp³-hybridized carbons (Fsp3) is 0.438. The van der Waals surface area contributed by atoms with Gasteiger partial charge in [0, 0.05) is 24.1 Å². The van der Waals surface area contributed by atoms with Crippen LogP contribution in [0.3, 0.4) is 0 Å². The molecule has 2 fully saturated rings. The molecule has 0 amide bonds. The lowest BCUT2D eigenvalue weighted by atomic mass is 9.81. The zero-order valence-electron chi connectivity index (χ0n) is 12.5. The summed E-state index contributed by atoms with van der Waals surface area (Å²) in [6.45, 7) is 0. The summed E-state index contributed by atoms with van der Waals surface area (Å²) >= 11 is 0. The maximum absolute atomic E-state index is 10.9. The number of nitro groups is 1. The lowest BCUT2D eigenvalue weighted by molar-refractivity contribution is -0.389. The molecule has 2 aromatic rings. The number of hydrogen-bond donors (Lipinski definition) is 0. The van der Waals surface area contributed by atoms with Crippen LogP contribution in [-0.2, 0) is 4.79 Å². The molecule has 4 rings (SSSR count). The van der Waals surface area contributed by atoms with Crippen LogP contribution in [0.2, 0.25) is 0 Å². The van der Waals surface area contributed by atoms with Gasteiger partial charge in [0.05, 0.1) is 17.3 Å². The lowest BCUT2D eigenvalue weighted by Crippen LogP contribution is -2.28. The van der Waals surface area contributed by atoms with Gasteiger partial charge in [-0.3, -0.25) is 4.68 Å². The molecule has 0 unspecified atom stereocenters. The summed E-state index contributed by atoms with van der Waals surface area (Å²) in [5.41, 5.74) is 2.46. The second-order valence-corrected chi connectivity index (χ2v) is 6.34. The van der Waals surface area contributed by atoms with Crippen LogP contribution in [-0.4, -0.2) is 26.0 Å². The Balaban J connectivity index is 1.70. The number of aromatic nitrogens is 3. The summed E-state index contributed by atoms with van der Waals surface area (Å²) in [6, 6.07) is 5.08. The Morgan fingerprint density at radius 3 is 2.74 bits per heavy atom. The van der Waals surface area contributed by atoms with Crippen molar-refractivity contribution in [2.45, 2.75) is 37.6 Å². The Hall–Kier alpha value is -2.57. The van der Waals surface area contributed by atoms with Crippen molar-refractivity contribution in [1.82, 2.24) is 14.8 Å². The maximum Gasteiger partial charge on any atom is 0.364 e. The molecule has 2 aromatic heterocycles. The minimum Gasteiger partial charge on any atom is -0.358 e. The van der Waals surface area contributed by atoms with E-state index in [1.54, 1.807) is 12.1 Å². The Labute approximate surface area is 132 Å². The maximum atomic E-state index is 10.9. The third kappa shape index (κ3) is 2.52. The van der Waals surface area contributed by atoms with Crippen molar-refractivity contribution < 1.29 is 9.72 Å². The normalized spacial score (nSPS) is 23.3. The van der Waals surface area contributed by atoms with E-state index in [4.69, 9.17) is 5.10 Å². The molecular formula is C16H16N4O3. The predicted octanol–water partition coefficient (Wildman–Crippen LogP) is 2.88. The molecule has 0 radical (unpaired) electrons. The predicted molar refractivity (Wildman–Crippen MR) is 81.9 cm³/mol. The highest BCUT2D eigenvalue weighted by atomic mass is 16.6. The van der Waals surface area contributed by atoms with Gasteiger partial charge in [0.25, 0.3) is 0 Å². The fourth-order valence-corrected chi connectivity index (χ4v) is 3.08. The highest BCUT2D eigenvalue weighted by Gasteiger charge is 2.35. The van der Waals surface area contributed by atoms with Gasteiger partial charge in [-0.25, -0.2) is 0 Å². The Kier molecular flexibility index (Phi) is 3.21. The van der Waals surface area contributed by atoms with E-state index in [1.807, 2.05) is 10.9 Å². The average Bonchev–Trinajstić information content (AvgIpc) is 3.26. The number of aldehydes is 1. The van der Waals surface area contributed by atoms with E-state index in [0.29, 0.717) is 11.6 Å². The van der Waals surface area contributed by atoms with Crippen LogP contribution in [0, 0.1) is 16.0 Å². The highest BCUT2D eigenvalue weighted by Crippen LogP contribution is 2.45. The molecule has 0 bridgehead atoms. The van der Waals surface area contributed by atoms with E-state index < -0.39 is 4.92 Å². The zero-order chi connectivity index (χ0) is 16.0. The summed E-state index contributed by atoms with van der Waals surface area (Å²) in [4.78, 5) is 25.4. The van der Waals surface area contributed by atoms with Gasteiger partial charge in [0.1, 0.15) is 6.29 Å². The number of nitrogens with zero attached hydrogens (tertiary/aromatic N) is 4. The summed E-state index contributed by atoms with van der Waals surface area (Å²) in [5, 5.41) is 15.6. The van der Waals surface area contributed by atoms with Gasteiger partial charge in [-0.1, -0.05) is 0 Å². The van der Waals surface area contributed by atoms with Crippen LogP contribution in [0.25, 0.3) is 11.3 Å². The van der Waals surface area contributed by atoms with Crippen molar-refractivity contribution >= 4 is 12.1 Å². The number of hydrogen-bond acceptors (Lipinski definition) is 5. The number of carbonyl (C=O) groups excluding carboxylic acids is 1. The Morgan fingerprint density at radius 1 is 1.30 bits per heavy atom. The topological polar surface area (TPSA) is 90.9 Å². The van der Waals surface area contributed by atoms with Crippen LogP contribution in [0.4, 0.5) is 5.82 Å². The number of rotatable bonds is 5. The van der Waals surface area contributed by atoms with E-state index >= 15 is 0 Å². The van der Waals surface area contributed by atoms with Crippen molar-refractivity contribution in [1.29, 1.82) is 0 Å². The third-order valence-corrected chi connectivity index (χ3v) is 4.64. The second kappa shape index (κ2) is 5.26. The minimum atomic E-state index is -0.481. The molecule has 0 N–H and O–H groups in total. The molecule has 118 valence electrons. The molecule has 2 saturated carbocycles. The van der Waals surface area contributed by atoms with Crippen LogP contribution < -0.4 is 0 Å². The molecule has 23 heavy (non-hydrogen) atoms. The molecule has 0 atom stereocenters. The summed E-state index contributed by atoms with van der Waals surface area (Å²) in [7, 11) is 0. The van der Waals surface area contributed by atoms with E-state index in [0.717, 1.165) is 43.2 Å². The van der Waals surface area contributed by atoms with Gasteiger partial charge in [0.15, 0.2) is 5.69 Å². The second-order valence-electron chi connectivity index (χ2n) is 6.34. The molecule has 7 heteroatoms. The molecule has 7 nitrogen and oxygen atoms in total. The average molecular weight is 312 g/mol.